The van der Waals surface area contributed by atoms with Gasteiger partial charge in [-0.25, -0.2) is 14.2 Å². The first-order chi connectivity index (χ1) is 8.11. The number of carbonyl (C=O) groups is 1. The van der Waals surface area contributed by atoms with Gasteiger partial charge in [0.1, 0.15) is 11.6 Å². The Kier molecular flexibility index (Phi) is 2.88. The van der Waals surface area contributed by atoms with Gasteiger partial charge in [0.25, 0.3) is 0 Å². The highest BCUT2D eigenvalue weighted by atomic mass is 19.1. The van der Waals surface area contributed by atoms with Gasteiger partial charge in [-0.15, -0.1) is 0 Å². The van der Waals surface area contributed by atoms with Crippen LogP contribution < -0.4 is 5.73 Å². The van der Waals surface area contributed by atoms with E-state index in [9.17, 15) is 9.18 Å². The van der Waals surface area contributed by atoms with Crippen LogP contribution in [-0.4, -0.2) is 21.0 Å². The Labute approximate surface area is 96.1 Å². The molecule has 0 unspecified atom stereocenters. The summed E-state index contributed by atoms with van der Waals surface area (Å²) in [4.78, 5) is 17.6. The molecule has 1 heterocycles. The van der Waals surface area contributed by atoms with Crippen molar-refractivity contribution in [2.75, 3.05) is 0 Å². The first-order valence-electron chi connectivity index (χ1n) is 4.90. The van der Waals surface area contributed by atoms with Crippen molar-refractivity contribution in [1.82, 2.24) is 9.97 Å². The van der Waals surface area contributed by atoms with E-state index in [2.05, 4.69) is 9.97 Å². The Morgan fingerprint density at radius 2 is 2.06 bits per heavy atom. The molecule has 0 bridgehead atoms. The molecule has 2 aromatic rings. The smallest absolute Gasteiger partial charge is 0.356 e. The summed E-state index contributed by atoms with van der Waals surface area (Å²) in [6.07, 6.45) is 0. The number of hydrogen-bond donors (Lipinski definition) is 3. The fourth-order valence-electron chi connectivity index (χ4n) is 1.48. The molecule has 0 atom stereocenters. The second-order valence-electron chi connectivity index (χ2n) is 3.43. The number of imidazole rings is 1. The molecule has 0 saturated heterocycles. The van der Waals surface area contributed by atoms with Crippen LogP contribution in [0.1, 0.15) is 16.2 Å². The number of halogens is 1. The molecular formula is C11H10FN3O2. The Hall–Kier alpha value is -2.21. The Morgan fingerprint density at radius 3 is 2.53 bits per heavy atom. The lowest BCUT2D eigenvalue weighted by Gasteiger charge is -1.95. The maximum Gasteiger partial charge on any atom is 0.356 e. The molecule has 0 amide bonds. The molecule has 1 aromatic carbocycles. The highest BCUT2D eigenvalue weighted by Crippen LogP contribution is 2.18. The van der Waals surface area contributed by atoms with Crippen molar-refractivity contribution in [1.29, 1.82) is 0 Å². The summed E-state index contributed by atoms with van der Waals surface area (Å²) in [6.45, 7) is 0.0514. The molecule has 2 rings (SSSR count). The van der Waals surface area contributed by atoms with Crippen LogP contribution in [0.5, 0.6) is 0 Å². The Balaban J connectivity index is 2.46. The van der Waals surface area contributed by atoms with Crippen molar-refractivity contribution in [3.63, 3.8) is 0 Å². The number of hydrogen-bond acceptors (Lipinski definition) is 3. The molecule has 0 aliphatic heterocycles. The van der Waals surface area contributed by atoms with Gasteiger partial charge in [-0.1, -0.05) is 0 Å². The number of carboxylic acid groups (broad SMARTS) is 1. The van der Waals surface area contributed by atoms with E-state index in [0.717, 1.165) is 0 Å². The van der Waals surface area contributed by atoms with E-state index < -0.39 is 5.97 Å². The molecule has 17 heavy (non-hydrogen) atoms. The third-order valence-electron chi connectivity index (χ3n) is 2.30. The Morgan fingerprint density at radius 1 is 1.41 bits per heavy atom. The van der Waals surface area contributed by atoms with Gasteiger partial charge in [-0.2, -0.15) is 0 Å². The molecule has 4 N–H and O–H groups in total. The topological polar surface area (TPSA) is 92.0 Å². The van der Waals surface area contributed by atoms with Crippen LogP contribution >= 0.6 is 0 Å². The molecule has 0 fully saturated rings. The minimum Gasteiger partial charge on any atom is -0.476 e. The minimum absolute atomic E-state index is 0.0514. The normalized spacial score (nSPS) is 10.5. The maximum atomic E-state index is 12.7. The lowest BCUT2D eigenvalue weighted by Crippen LogP contribution is -2.06. The van der Waals surface area contributed by atoms with Crippen molar-refractivity contribution >= 4 is 5.97 Å². The molecule has 0 aliphatic carbocycles. The number of nitrogens with two attached hydrogens (primary N) is 1. The Bertz CT molecular complexity index is 548. The van der Waals surface area contributed by atoms with Crippen LogP contribution in [0.2, 0.25) is 0 Å². The standard InChI is InChI=1S/C11H10FN3O2/c12-7-3-1-6(2-4-7)10-14-8(5-13)9(15-10)11(16)17/h1-4H,5,13H2,(H,14,15)(H,16,17). The molecule has 0 spiro atoms. The molecule has 6 heteroatoms. The van der Waals surface area contributed by atoms with Gasteiger partial charge in [0.05, 0.1) is 5.69 Å². The van der Waals surface area contributed by atoms with Gasteiger partial charge >= 0.3 is 5.97 Å². The summed E-state index contributed by atoms with van der Waals surface area (Å²) in [5.41, 5.74) is 6.25. The number of nitrogens with zero attached hydrogens (tertiary/aromatic N) is 1. The number of aromatic carboxylic acids is 1. The zero-order valence-electron chi connectivity index (χ0n) is 8.77. The van der Waals surface area contributed by atoms with Crippen LogP contribution in [0.25, 0.3) is 11.4 Å². The van der Waals surface area contributed by atoms with E-state index in [-0.39, 0.29) is 18.1 Å². The summed E-state index contributed by atoms with van der Waals surface area (Å²) in [5, 5.41) is 8.90. The van der Waals surface area contributed by atoms with Gasteiger partial charge in [0.15, 0.2) is 5.69 Å². The quantitative estimate of drug-likeness (QED) is 0.749. The number of benzene rings is 1. The lowest BCUT2D eigenvalue weighted by molar-refractivity contribution is 0.0690. The monoisotopic (exact) mass is 235 g/mol. The van der Waals surface area contributed by atoms with Gasteiger partial charge in [-0.05, 0) is 24.3 Å². The minimum atomic E-state index is -1.14. The molecule has 0 saturated carbocycles. The van der Waals surface area contributed by atoms with Crippen molar-refractivity contribution in [3.8, 4) is 11.4 Å². The van der Waals surface area contributed by atoms with E-state index in [1.54, 1.807) is 0 Å². The number of aromatic nitrogens is 2. The number of aromatic amines is 1. The summed E-state index contributed by atoms with van der Waals surface area (Å²) in [5.74, 6) is -1.14. The van der Waals surface area contributed by atoms with E-state index in [4.69, 9.17) is 10.8 Å². The number of H-pyrrole nitrogens is 1. The van der Waals surface area contributed by atoms with Gasteiger partial charge in [0, 0.05) is 12.1 Å². The first-order valence-corrected chi connectivity index (χ1v) is 4.90. The van der Waals surface area contributed by atoms with Crippen LogP contribution in [-0.2, 0) is 6.54 Å². The van der Waals surface area contributed by atoms with Crippen LogP contribution in [0, 0.1) is 5.82 Å². The molecular weight excluding hydrogens is 225 g/mol. The molecule has 5 nitrogen and oxygen atoms in total. The van der Waals surface area contributed by atoms with Crippen molar-refractivity contribution < 1.29 is 14.3 Å². The summed E-state index contributed by atoms with van der Waals surface area (Å²) < 4.78 is 12.7. The fourth-order valence-corrected chi connectivity index (χ4v) is 1.48. The van der Waals surface area contributed by atoms with E-state index in [1.807, 2.05) is 0 Å². The van der Waals surface area contributed by atoms with Crippen LogP contribution in [0.4, 0.5) is 4.39 Å². The van der Waals surface area contributed by atoms with Crippen molar-refractivity contribution in [2.24, 2.45) is 5.73 Å². The first kappa shape index (κ1) is 11.3. The zero-order valence-corrected chi connectivity index (χ0v) is 8.77. The largest absolute Gasteiger partial charge is 0.476 e. The summed E-state index contributed by atoms with van der Waals surface area (Å²) in [7, 11) is 0. The van der Waals surface area contributed by atoms with Gasteiger partial charge < -0.3 is 15.8 Å². The predicted octanol–water partition coefficient (Wildman–Crippen LogP) is 1.37. The highest BCUT2D eigenvalue weighted by molar-refractivity contribution is 5.87. The third kappa shape index (κ3) is 2.16. The number of carboxylic acids is 1. The SMILES string of the molecule is NCc1[nH]c(-c2ccc(F)cc2)nc1C(=O)O. The van der Waals surface area contributed by atoms with Gasteiger partial charge in [0.2, 0.25) is 0 Å². The average Bonchev–Trinajstić information content (AvgIpc) is 2.74. The summed E-state index contributed by atoms with van der Waals surface area (Å²) in [6, 6.07) is 5.58. The average molecular weight is 235 g/mol. The second-order valence-corrected chi connectivity index (χ2v) is 3.43. The fraction of sp³-hybridized carbons (Fsp3) is 0.0909. The van der Waals surface area contributed by atoms with Crippen LogP contribution in [0.3, 0.4) is 0 Å². The molecule has 0 radical (unpaired) electrons. The molecule has 1 aromatic heterocycles. The summed E-state index contributed by atoms with van der Waals surface area (Å²) >= 11 is 0. The van der Waals surface area contributed by atoms with Gasteiger partial charge in [-0.3, -0.25) is 0 Å². The third-order valence-corrected chi connectivity index (χ3v) is 2.30. The van der Waals surface area contributed by atoms with E-state index in [0.29, 0.717) is 17.1 Å². The maximum absolute atomic E-state index is 12.7. The van der Waals surface area contributed by atoms with Crippen LogP contribution in [0.15, 0.2) is 24.3 Å². The highest BCUT2D eigenvalue weighted by Gasteiger charge is 2.16. The van der Waals surface area contributed by atoms with Crippen molar-refractivity contribution in [2.45, 2.75) is 6.54 Å². The van der Waals surface area contributed by atoms with E-state index >= 15 is 0 Å². The predicted molar refractivity (Wildman–Crippen MR) is 58.8 cm³/mol. The number of rotatable bonds is 3. The van der Waals surface area contributed by atoms with Crippen molar-refractivity contribution in [3.05, 3.63) is 41.5 Å². The molecule has 88 valence electrons. The zero-order chi connectivity index (χ0) is 12.4. The molecule has 0 aliphatic rings. The second kappa shape index (κ2) is 4.34. The lowest BCUT2D eigenvalue weighted by atomic mass is 10.2. The van der Waals surface area contributed by atoms with E-state index in [1.165, 1.54) is 24.3 Å². The number of nitrogens with one attached hydrogen (secondary N) is 1.